The predicted molar refractivity (Wildman–Crippen MR) is 32.3 cm³/mol. The molecule has 0 aromatic heterocycles. The van der Waals surface area contributed by atoms with E-state index in [4.69, 9.17) is 5.11 Å². The number of carbonyl (C=O) groups excluding carboxylic acids is 1. The fourth-order valence-electron chi connectivity index (χ4n) is 0.242. The molecule has 0 atom stereocenters. The summed E-state index contributed by atoms with van der Waals surface area (Å²) in [5.41, 5.74) is 0. The Bertz CT molecular complexity index is 98.5. The molecule has 0 bridgehead atoms. The van der Waals surface area contributed by atoms with Crippen molar-refractivity contribution in [1.29, 1.82) is 0 Å². The number of aliphatic hydroxyl groups is 1. The summed E-state index contributed by atoms with van der Waals surface area (Å²) in [7, 11) is 0. The van der Waals surface area contributed by atoms with E-state index in [-0.39, 0.29) is 6.61 Å². The Morgan fingerprint density at radius 2 is 2.44 bits per heavy atom. The van der Waals surface area contributed by atoms with Gasteiger partial charge in [0.25, 0.3) is 0 Å². The lowest BCUT2D eigenvalue weighted by Crippen LogP contribution is -1.97. The first kappa shape index (κ1) is 8.17. The van der Waals surface area contributed by atoms with E-state index in [1.54, 1.807) is 0 Å². The van der Waals surface area contributed by atoms with Crippen molar-refractivity contribution in [1.82, 2.24) is 0 Å². The Morgan fingerprint density at radius 3 is 2.89 bits per heavy atom. The van der Waals surface area contributed by atoms with Crippen LogP contribution in [0.25, 0.3) is 0 Å². The lowest BCUT2D eigenvalue weighted by molar-refractivity contribution is -0.134. The van der Waals surface area contributed by atoms with Gasteiger partial charge in [-0.15, -0.1) is 0 Å². The van der Waals surface area contributed by atoms with Crippen molar-refractivity contribution in [2.45, 2.75) is 6.42 Å². The van der Waals surface area contributed by atoms with E-state index in [9.17, 15) is 4.79 Å². The van der Waals surface area contributed by atoms with Crippen molar-refractivity contribution in [3.63, 3.8) is 0 Å². The highest BCUT2D eigenvalue weighted by atomic mass is 16.5. The van der Waals surface area contributed by atoms with Gasteiger partial charge < -0.3 is 9.84 Å². The Hall–Kier alpha value is -0.830. The first-order valence-electron chi connectivity index (χ1n) is 2.57. The van der Waals surface area contributed by atoms with E-state index in [0.29, 0.717) is 6.42 Å². The first-order chi connectivity index (χ1) is 4.31. The maximum atomic E-state index is 10.2. The standard InChI is InChI=1S/C6H9O3/c1-2-6(8)9-5-3-4-7/h2,5,7H,1,3-4H2. The van der Waals surface area contributed by atoms with Gasteiger partial charge >= 0.3 is 5.97 Å². The maximum absolute atomic E-state index is 10.2. The molecule has 0 amide bonds. The number of ether oxygens (including phenoxy) is 1. The fourth-order valence-corrected chi connectivity index (χ4v) is 0.242. The zero-order valence-electron chi connectivity index (χ0n) is 5.04. The van der Waals surface area contributed by atoms with Crippen molar-refractivity contribution in [2.24, 2.45) is 0 Å². The van der Waals surface area contributed by atoms with Crippen molar-refractivity contribution >= 4 is 5.97 Å². The molecule has 0 unspecified atom stereocenters. The van der Waals surface area contributed by atoms with Crippen LogP contribution in [0.15, 0.2) is 12.7 Å². The molecule has 1 radical (unpaired) electrons. The summed E-state index contributed by atoms with van der Waals surface area (Å²) in [5.74, 6) is -0.497. The zero-order chi connectivity index (χ0) is 7.11. The molecule has 0 saturated heterocycles. The second-order valence-corrected chi connectivity index (χ2v) is 1.32. The van der Waals surface area contributed by atoms with Crippen LogP contribution in [0.1, 0.15) is 6.42 Å². The SMILES string of the molecule is C=CC(=O)O[CH]CCO. The van der Waals surface area contributed by atoms with Crippen LogP contribution in [0.5, 0.6) is 0 Å². The summed E-state index contributed by atoms with van der Waals surface area (Å²) in [5, 5.41) is 8.20. The van der Waals surface area contributed by atoms with Crippen LogP contribution in [0.3, 0.4) is 0 Å². The van der Waals surface area contributed by atoms with E-state index in [1.807, 2.05) is 0 Å². The predicted octanol–water partition coefficient (Wildman–Crippen LogP) is 0.260. The molecule has 0 saturated carbocycles. The van der Waals surface area contributed by atoms with E-state index in [0.717, 1.165) is 6.08 Å². The highest BCUT2D eigenvalue weighted by Gasteiger charge is 1.92. The molecular formula is C6H9O3. The molecule has 0 spiro atoms. The van der Waals surface area contributed by atoms with E-state index in [1.165, 1.54) is 6.61 Å². The summed E-state index contributed by atoms with van der Waals surface area (Å²) >= 11 is 0. The van der Waals surface area contributed by atoms with Gasteiger partial charge in [0, 0.05) is 19.1 Å². The topological polar surface area (TPSA) is 46.5 Å². The monoisotopic (exact) mass is 129 g/mol. The van der Waals surface area contributed by atoms with Gasteiger partial charge in [0.1, 0.15) is 6.61 Å². The van der Waals surface area contributed by atoms with Crippen molar-refractivity contribution in [3.05, 3.63) is 19.3 Å². The van der Waals surface area contributed by atoms with Crippen molar-refractivity contribution in [3.8, 4) is 0 Å². The Labute approximate surface area is 53.9 Å². The molecule has 0 aliphatic rings. The first-order valence-corrected chi connectivity index (χ1v) is 2.57. The Balaban J connectivity index is 3.07. The second-order valence-electron chi connectivity index (χ2n) is 1.32. The molecule has 0 heterocycles. The average molecular weight is 129 g/mol. The third-order valence-electron chi connectivity index (χ3n) is 0.613. The van der Waals surface area contributed by atoms with Gasteiger partial charge in [-0.05, 0) is 0 Å². The number of esters is 1. The number of hydrogen-bond acceptors (Lipinski definition) is 3. The maximum Gasteiger partial charge on any atom is 0.330 e. The molecule has 9 heavy (non-hydrogen) atoms. The fraction of sp³-hybridized carbons (Fsp3) is 0.333. The van der Waals surface area contributed by atoms with Gasteiger partial charge in [0.2, 0.25) is 0 Å². The van der Waals surface area contributed by atoms with Gasteiger partial charge in [-0.3, -0.25) is 0 Å². The Morgan fingerprint density at radius 1 is 1.78 bits per heavy atom. The summed E-state index contributed by atoms with van der Waals surface area (Å²) in [6, 6.07) is 0. The number of aliphatic hydroxyl groups excluding tert-OH is 1. The third-order valence-corrected chi connectivity index (χ3v) is 0.613. The minimum absolute atomic E-state index is 0.00950. The number of hydrogen-bond donors (Lipinski definition) is 1. The zero-order valence-corrected chi connectivity index (χ0v) is 5.04. The van der Waals surface area contributed by atoms with Crippen LogP contribution >= 0.6 is 0 Å². The quantitative estimate of drug-likeness (QED) is 0.336. The molecule has 3 nitrogen and oxygen atoms in total. The molecule has 0 fully saturated rings. The van der Waals surface area contributed by atoms with Crippen molar-refractivity contribution < 1.29 is 14.6 Å². The van der Waals surface area contributed by atoms with Gasteiger partial charge in [0.05, 0.1) is 0 Å². The van der Waals surface area contributed by atoms with Crippen LogP contribution in [0.4, 0.5) is 0 Å². The van der Waals surface area contributed by atoms with E-state index in [2.05, 4.69) is 11.3 Å². The minimum Gasteiger partial charge on any atom is -0.455 e. The van der Waals surface area contributed by atoms with Gasteiger partial charge in [-0.25, -0.2) is 4.79 Å². The van der Waals surface area contributed by atoms with Crippen molar-refractivity contribution in [2.75, 3.05) is 6.61 Å². The average Bonchev–Trinajstić information content (AvgIpc) is 1.89. The lowest BCUT2D eigenvalue weighted by Gasteiger charge is -1.95. The van der Waals surface area contributed by atoms with Gasteiger partial charge in [-0.2, -0.15) is 0 Å². The van der Waals surface area contributed by atoms with E-state index < -0.39 is 5.97 Å². The minimum atomic E-state index is -0.497. The van der Waals surface area contributed by atoms with Gasteiger partial charge in [0.15, 0.2) is 0 Å². The highest BCUT2D eigenvalue weighted by Crippen LogP contribution is 1.88. The van der Waals surface area contributed by atoms with Crippen LogP contribution in [-0.2, 0) is 9.53 Å². The van der Waals surface area contributed by atoms with Crippen LogP contribution < -0.4 is 0 Å². The summed E-state index contributed by atoms with van der Waals surface area (Å²) < 4.78 is 4.39. The van der Waals surface area contributed by atoms with Gasteiger partial charge in [-0.1, -0.05) is 6.58 Å². The smallest absolute Gasteiger partial charge is 0.330 e. The van der Waals surface area contributed by atoms with Crippen LogP contribution in [-0.4, -0.2) is 17.7 Å². The normalized spacial score (nSPS) is 8.56. The molecule has 51 valence electrons. The number of rotatable bonds is 4. The Kier molecular flexibility index (Phi) is 4.82. The number of carbonyl (C=O) groups is 1. The lowest BCUT2D eigenvalue weighted by atomic mass is 10.5. The third kappa shape index (κ3) is 5.03. The molecule has 0 aromatic rings. The summed E-state index contributed by atoms with van der Waals surface area (Å²) in [6.07, 6.45) is 1.42. The molecular weight excluding hydrogens is 120 g/mol. The summed E-state index contributed by atoms with van der Waals surface area (Å²) in [6.45, 7) is 4.41. The molecule has 3 heteroatoms. The highest BCUT2D eigenvalue weighted by molar-refractivity contribution is 5.81. The van der Waals surface area contributed by atoms with E-state index >= 15 is 0 Å². The van der Waals surface area contributed by atoms with Crippen LogP contribution in [0, 0.1) is 6.61 Å². The van der Waals surface area contributed by atoms with Crippen LogP contribution in [0.2, 0.25) is 0 Å². The molecule has 0 aliphatic carbocycles. The molecule has 0 aliphatic heterocycles. The molecule has 0 aromatic carbocycles. The molecule has 1 N–H and O–H groups in total. The molecule has 0 rings (SSSR count). The largest absolute Gasteiger partial charge is 0.455 e. The summed E-state index contributed by atoms with van der Waals surface area (Å²) in [4.78, 5) is 10.2. The second kappa shape index (κ2) is 5.31.